The van der Waals surface area contributed by atoms with E-state index in [4.69, 9.17) is 4.42 Å². The Kier molecular flexibility index (Phi) is 6.27. The molecule has 10 nitrogen and oxygen atoms in total. The molecule has 0 radical (unpaired) electrons. The Hall–Kier alpha value is -3.44. The molecule has 11 heteroatoms. The van der Waals surface area contributed by atoms with Gasteiger partial charge in [-0.2, -0.15) is 5.10 Å². The molecule has 0 saturated carbocycles. The summed E-state index contributed by atoms with van der Waals surface area (Å²) in [5.41, 5.74) is 0.679. The third-order valence-electron chi connectivity index (χ3n) is 3.84. The SMILES string of the molecule is CC(C)(C)NS(=O)(=O)c1ccc(C(=O)NCC(=O)Nc2ccc(-n3cccn3)cc2)o1. The predicted octanol–water partition coefficient (Wildman–Crippen LogP) is 1.91. The highest BCUT2D eigenvalue weighted by Crippen LogP contribution is 2.16. The molecule has 0 saturated heterocycles. The maximum Gasteiger partial charge on any atom is 0.287 e. The normalized spacial score (nSPS) is 11.8. The van der Waals surface area contributed by atoms with Crippen LogP contribution in [0.2, 0.25) is 0 Å². The smallest absolute Gasteiger partial charge is 0.287 e. The van der Waals surface area contributed by atoms with Crippen LogP contribution in [0.3, 0.4) is 0 Å². The number of amides is 2. The molecule has 3 N–H and O–H groups in total. The van der Waals surface area contributed by atoms with E-state index in [1.165, 1.54) is 12.1 Å². The number of hydrogen-bond acceptors (Lipinski definition) is 6. The van der Waals surface area contributed by atoms with Crippen molar-refractivity contribution in [2.24, 2.45) is 0 Å². The molecule has 0 unspecified atom stereocenters. The second-order valence-corrected chi connectivity index (χ2v) is 9.32. The Balaban J connectivity index is 1.54. The highest BCUT2D eigenvalue weighted by Gasteiger charge is 2.26. The predicted molar refractivity (Wildman–Crippen MR) is 113 cm³/mol. The number of aromatic nitrogens is 2. The Morgan fingerprint density at radius 1 is 1.10 bits per heavy atom. The van der Waals surface area contributed by atoms with Crippen molar-refractivity contribution in [2.75, 3.05) is 11.9 Å². The van der Waals surface area contributed by atoms with Gasteiger partial charge in [-0.05, 0) is 63.2 Å². The van der Waals surface area contributed by atoms with Crippen molar-refractivity contribution in [1.82, 2.24) is 19.8 Å². The molecule has 1 aromatic carbocycles. The molecule has 0 spiro atoms. The van der Waals surface area contributed by atoms with Crippen LogP contribution in [0.15, 0.2) is 64.4 Å². The number of furan rings is 1. The van der Waals surface area contributed by atoms with Gasteiger partial charge in [0.05, 0.1) is 12.2 Å². The lowest BCUT2D eigenvalue weighted by atomic mass is 10.1. The van der Waals surface area contributed by atoms with Crippen molar-refractivity contribution < 1.29 is 22.4 Å². The van der Waals surface area contributed by atoms with E-state index in [1.807, 2.05) is 0 Å². The number of carbonyl (C=O) groups is 2. The van der Waals surface area contributed by atoms with E-state index in [2.05, 4.69) is 20.5 Å². The van der Waals surface area contributed by atoms with E-state index in [0.717, 1.165) is 5.69 Å². The van der Waals surface area contributed by atoms with Crippen molar-refractivity contribution in [1.29, 1.82) is 0 Å². The van der Waals surface area contributed by atoms with Gasteiger partial charge in [-0.15, -0.1) is 0 Å². The van der Waals surface area contributed by atoms with Gasteiger partial charge in [-0.25, -0.2) is 17.8 Å². The first-order chi connectivity index (χ1) is 14.5. The fourth-order valence-electron chi connectivity index (χ4n) is 2.61. The lowest BCUT2D eigenvalue weighted by Crippen LogP contribution is -2.40. The summed E-state index contributed by atoms with van der Waals surface area (Å²) in [5, 5.41) is 8.79. The Bertz CT molecular complexity index is 1160. The highest BCUT2D eigenvalue weighted by atomic mass is 32.2. The van der Waals surface area contributed by atoms with Crippen molar-refractivity contribution >= 4 is 27.5 Å². The van der Waals surface area contributed by atoms with Crippen LogP contribution in [0.25, 0.3) is 5.69 Å². The first-order valence-corrected chi connectivity index (χ1v) is 10.8. The molecule has 2 heterocycles. The van der Waals surface area contributed by atoms with Crippen molar-refractivity contribution in [3.63, 3.8) is 0 Å². The van der Waals surface area contributed by atoms with E-state index >= 15 is 0 Å². The monoisotopic (exact) mass is 445 g/mol. The second kappa shape index (κ2) is 8.74. The van der Waals surface area contributed by atoms with Crippen molar-refractivity contribution in [3.05, 3.63) is 60.6 Å². The van der Waals surface area contributed by atoms with Gasteiger partial charge in [0, 0.05) is 23.6 Å². The van der Waals surface area contributed by atoms with Gasteiger partial charge in [0.15, 0.2) is 5.76 Å². The first-order valence-electron chi connectivity index (χ1n) is 9.35. The van der Waals surface area contributed by atoms with E-state index < -0.39 is 27.4 Å². The van der Waals surface area contributed by atoms with Crippen molar-refractivity contribution in [2.45, 2.75) is 31.4 Å². The molecular formula is C20H23N5O5S. The summed E-state index contributed by atoms with van der Waals surface area (Å²) in [4.78, 5) is 24.3. The number of hydrogen-bond donors (Lipinski definition) is 3. The fraction of sp³-hybridized carbons (Fsp3) is 0.250. The van der Waals surface area contributed by atoms with Gasteiger partial charge >= 0.3 is 0 Å². The average Bonchev–Trinajstić information content (AvgIpc) is 3.37. The molecule has 0 bridgehead atoms. The highest BCUT2D eigenvalue weighted by molar-refractivity contribution is 7.89. The second-order valence-electron chi connectivity index (χ2n) is 7.70. The van der Waals surface area contributed by atoms with E-state index in [0.29, 0.717) is 5.69 Å². The molecule has 164 valence electrons. The minimum absolute atomic E-state index is 0.217. The Morgan fingerprint density at radius 2 is 1.81 bits per heavy atom. The van der Waals surface area contributed by atoms with Gasteiger partial charge in [0.1, 0.15) is 0 Å². The third kappa shape index (κ3) is 6.03. The van der Waals surface area contributed by atoms with Crippen LogP contribution >= 0.6 is 0 Å². The summed E-state index contributed by atoms with van der Waals surface area (Å²) in [6, 6.07) is 11.2. The van der Waals surface area contributed by atoms with Crippen LogP contribution in [0.4, 0.5) is 5.69 Å². The summed E-state index contributed by atoms with van der Waals surface area (Å²) < 4.78 is 33.8. The number of benzene rings is 1. The first kappa shape index (κ1) is 22.2. The summed E-state index contributed by atoms with van der Waals surface area (Å²) in [7, 11) is -3.90. The standard InChI is InChI=1S/C20H23N5O5S/c1-20(2,3)24-31(28,29)18-10-9-16(30-18)19(27)21-13-17(26)23-14-5-7-15(8-6-14)25-12-4-11-22-25/h4-12,24H,13H2,1-3H3,(H,21,27)(H,23,26). The summed E-state index contributed by atoms with van der Waals surface area (Å²) in [6.45, 7) is 4.74. The lowest BCUT2D eigenvalue weighted by molar-refractivity contribution is -0.115. The zero-order chi connectivity index (χ0) is 22.6. The average molecular weight is 446 g/mol. The maximum atomic E-state index is 12.2. The molecule has 2 amide bonds. The molecule has 0 fully saturated rings. The number of nitrogens with one attached hydrogen (secondary N) is 3. The number of anilines is 1. The number of rotatable bonds is 7. The van der Waals surface area contributed by atoms with Gasteiger partial charge in [-0.1, -0.05) is 0 Å². The summed E-state index contributed by atoms with van der Waals surface area (Å²) >= 11 is 0. The van der Waals surface area contributed by atoms with Crippen LogP contribution in [-0.4, -0.2) is 42.1 Å². The Labute approximate surface area is 179 Å². The van der Waals surface area contributed by atoms with E-state index in [1.54, 1.807) is 68.2 Å². The largest absolute Gasteiger partial charge is 0.438 e. The molecule has 0 atom stereocenters. The van der Waals surface area contributed by atoms with Crippen LogP contribution in [0.5, 0.6) is 0 Å². The quantitative estimate of drug-likeness (QED) is 0.508. The molecule has 0 aliphatic rings. The van der Waals surface area contributed by atoms with E-state index in [9.17, 15) is 18.0 Å². The molecule has 3 rings (SSSR count). The molecule has 2 aromatic heterocycles. The zero-order valence-electron chi connectivity index (χ0n) is 17.2. The summed E-state index contributed by atoms with van der Waals surface area (Å²) in [6.07, 6.45) is 3.46. The van der Waals surface area contributed by atoms with Gasteiger partial charge < -0.3 is 15.1 Å². The summed E-state index contributed by atoms with van der Waals surface area (Å²) in [5.74, 6) is -1.37. The number of sulfonamides is 1. The number of carbonyl (C=O) groups excluding carboxylic acids is 2. The van der Waals surface area contributed by atoms with E-state index in [-0.39, 0.29) is 17.4 Å². The minimum Gasteiger partial charge on any atom is -0.438 e. The molecular weight excluding hydrogens is 422 g/mol. The minimum atomic E-state index is -3.90. The molecule has 3 aromatic rings. The molecule has 31 heavy (non-hydrogen) atoms. The van der Waals surface area contributed by atoms with Crippen LogP contribution in [0.1, 0.15) is 31.3 Å². The van der Waals surface area contributed by atoms with Gasteiger partial charge in [0.25, 0.3) is 15.9 Å². The fourth-order valence-corrected chi connectivity index (χ4v) is 3.97. The molecule has 0 aliphatic carbocycles. The molecule has 0 aliphatic heterocycles. The Morgan fingerprint density at radius 3 is 2.42 bits per heavy atom. The van der Waals surface area contributed by atoms with Crippen LogP contribution in [0, 0.1) is 0 Å². The van der Waals surface area contributed by atoms with Gasteiger partial charge in [-0.3, -0.25) is 9.59 Å². The maximum absolute atomic E-state index is 12.2. The number of nitrogens with zero attached hydrogens (tertiary/aromatic N) is 2. The van der Waals surface area contributed by atoms with Crippen LogP contribution in [-0.2, 0) is 14.8 Å². The third-order valence-corrected chi connectivity index (χ3v) is 5.47. The zero-order valence-corrected chi connectivity index (χ0v) is 18.1. The van der Waals surface area contributed by atoms with Gasteiger partial charge in [0.2, 0.25) is 11.0 Å². The van der Waals surface area contributed by atoms with Crippen LogP contribution < -0.4 is 15.4 Å². The topological polar surface area (TPSA) is 135 Å². The lowest BCUT2D eigenvalue weighted by Gasteiger charge is -2.18. The van der Waals surface area contributed by atoms with Crippen molar-refractivity contribution in [3.8, 4) is 5.69 Å².